The van der Waals surface area contributed by atoms with Gasteiger partial charge in [0.2, 0.25) is 0 Å². The maximum absolute atomic E-state index is 12.6. The zero-order valence-electron chi connectivity index (χ0n) is 15.3. The second-order valence-electron chi connectivity index (χ2n) is 7.08. The average Bonchev–Trinajstić information content (AvgIpc) is 2.93. The average molecular weight is 364 g/mol. The molecule has 0 amide bonds. The Labute approximate surface area is 153 Å². The molecule has 0 saturated carbocycles. The number of hydrogen-bond acceptors (Lipinski definition) is 5. The highest BCUT2D eigenvalue weighted by molar-refractivity contribution is 7.18. The quantitative estimate of drug-likeness (QED) is 0.755. The summed E-state index contributed by atoms with van der Waals surface area (Å²) in [6, 6.07) is 0. The maximum atomic E-state index is 12.6. The third kappa shape index (κ3) is 4.30. The van der Waals surface area contributed by atoms with Crippen molar-refractivity contribution >= 4 is 21.6 Å². The van der Waals surface area contributed by atoms with Gasteiger partial charge in [0.15, 0.2) is 0 Å². The summed E-state index contributed by atoms with van der Waals surface area (Å²) in [5, 5.41) is 10.9. The van der Waals surface area contributed by atoms with Gasteiger partial charge in [-0.15, -0.1) is 11.3 Å². The number of rotatable bonds is 8. The van der Waals surface area contributed by atoms with Crippen LogP contribution in [0, 0.1) is 0 Å². The molecule has 0 unspecified atom stereocenters. The van der Waals surface area contributed by atoms with E-state index in [1.807, 2.05) is 0 Å². The molecule has 2 aromatic rings. The number of aromatic amines is 1. The fourth-order valence-corrected chi connectivity index (χ4v) is 5.05. The molecule has 0 radical (unpaired) electrons. The Morgan fingerprint density at radius 3 is 2.84 bits per heavy atom. The van der Waals surface area contributed by atoms with E-state index >= 15 is 0 Å². The maximum Gasteiger partial charge on any atom is 0.259 e. The second kappa shape index (κ2) is 8.43. The highest BCUT2D eigenvalue weighted by Crippen LogP contribution is 2.33. The van der Waals surface area contributed by atoms with Gasteiger partial charge < -0.3 is 10.1 Å². The van der Waals surface area contributed by atoms with Gasteiger partial charge in [0.25, 0.3) is 5.56 Å². The molecule has 25 heavy (non-hydrogen) atoms. The number of aliphatic hydroxyl groups excluding tert-OH is 1. The van der Waals surface area contributed by atoms with Crippen LogP contribution in [-0.2, 0) is 19.4 Å². The number of thiophene rings is 1. The first kappa shape index (κ1) is 18.5. The fraction of sp³-hybridized carbons (Fsp3) is 0.684. The van der Waals surface area contributed by atoms with E-state index in [4.69, 9.17) is 4.98 Å². The molecule has 1 atom stereocenters. The van der Waals surface area contributed by atoms with Crippen LogP contribution in [0.5, 0.6) is 0 Å². The lowest BCUT2D eigenvalue weighted by atomic mass is 9.97. The van der Waals surface area contributed by atoms with Gasteiger partial charge in [-0.2, -0.15) is 0 Å². The van der Waals surface area contributed by atoms with Crippen LogP contribution in [0.15, 0.2) is 4.79 Å². The van der Waals surface area contributed by atoms with E-state index in [1.54, 1.807) is 11.3 Å². The Kier molecular flexibility index (Phi) is 6.25. The third-order valence-electron chi connectivity index (χ3n) is 4.88. The third-order valence-corrected chi connectivity index (χ3v) is 6.06. The van der Waals surface area contributed by atoms with E-state index in [0.29, 0.717) is 18.9 Å². The fourth-order valence-electron chi connectivity index (χ4n) is 3.77. The van der Waals surface area contributed by atoms with Crippen molar-refractivity contribution < 1.29 is 5.11 Å². The number of nitrogens with one attached hydrogen (secondary N) is 1. The SMILES string of the molecule is CCC[C@H](O)CN(CCC)Cc1nc2sc3c(c2c(=O)[nH]1)CCCC3. The number of aryl methyl sites for hydroxylation is 2. The molecule has 0 spiro atoms. The summed E-state index contributed by atoms with van der Waals surface area (Å²) in [5.41, 5.74) is 1.24. The molecule has 0 fully saturated rings. The van der Waals surface area contributed by atoms with E-state index in [-0.39, 0.29) is 11.7 Å². The first-order valence-electron chi connectivity index (χ1n) is 9.56. The van der Waals surface area contributed by atoms with E-state index in [9.17, 15) is 9.90 Å². The predicted molar refractivity (Wildman–Crippen MR) is 103 cm³/mol. The van der Waals surface area contributed by atoms with Crippen LogP contribution in [0.4, 0.5) is 0 Å². The molecule has 0 saturated heterocycles. The molecule has 3 rings (SSSR count). The molecule has 1 aliphatic carbocycles. The Hall–Kier alpha value is -1.24. The Morgan fingerprint density at radius 2 is 2.08 bits per heavy atom. The molecule has 6 heteroatoms. The minimum absolute atomic E-state index is 0.00459. The van der Waals surface area contributed by atoms with Crippen LogP contribution in [-0.4, -0.2) is 39.2 Å². The smallest absolute Gasteiger partial charge is 0.259 e. The minimum atomic E-state index is -0.318. The van der Waals surface area contributed by atoms with Crippen molar-refractivity contribution in [3.05, 3.63) is 26.6 Å². The van der Waals surface area contributed by atoms with E-state index in [2.05, 4.69) is 23.7 Å². The molecule has 2 aromatic heterocycles. The lowest BCUT2D eigenvalue weighted by Gasteiger charge is -2.23. The van der Waals surface area contributed by atoms with Crippen molar-refractivity contribution in [2.75, 3.05) is 13.1 Å². The van der Waals surface area contributed by atoms with Crippen molar-refractivity contribution in [3.8, 4) is 0 Å². The second-order valence-corrected chi connectivity index (χ2v) is 8.16. The molecule has 2 heterocycles. The summed E-state index contributed by atoms with van der Waals surface area (Å²) < 4.78 is 0. The summed E-state index contributed by atoms with van der Waals surface area (Å²) in [6.45, 7) is 6.32. The van der Waals surface area contributed by atoms with Gasteiger partial charge in [0, 0.05) is 11.4 Å². The zero-order chi connectivity index (χ0) is 17.8. The Morgan fingerprint density at radius 1 is 1.28 bits per heavy atom. The number of nitrogens with zero attached hydrogens (tertiary/aromatic N) is 2. The number of aliphatic hydroxyl groups is 1. The van der Waals surface area contributed by atoms with Gasteiger partial charge >= 0.3 is 0 Å². The molecule has 138 valence electrons. The van der Waals surface area contributed by atoms with Crippen molar-refractivity contribution in [2.24, 2.45) is 0 Å². The van der Waals surface area contributed by atoms with Gasteiger partial charge in [0.05, 0.1) is 18.0 Å². The van der Waals surface area contributed by atoms with Crippen LogP contribution in [0.1, 0.15) is 62.2 Å². The number of hydrogen-bond donors (Lipinski definition) is 2. The number of fused-ring (bicyclic) bond motifs is 3. The van der Waals surface area contributed by atoms with Crippen molar-refractivity contribution in [1.82, 2.24) is 14.9 Å². The van der Waals surface area contributed by atoms with Crippen molar-refractivity contribution in [2.45, 2.75) is 71.4 Å². The molecule has 5 nitrogen and oxygen atoms in total. The van der Waals surface area contributed by atoms with Crippen molar-refractivity contribution in [3.63, 3.8) is 0 Å². The number of H-pyrrole nitrogens is 1. The van der Waals surface area contributed by atoms with Gasteiger partial charge in [-0.1, -0.05) is 20.3 Å². The summed E-state index contributed by atoms with van der Waals surface area (Å²) in [7, 11) is 0. The molecular weight excluding hydrogens is 334 g/mol. The van der Waals surface area contributed by atoms with Crippen LogP contribution < -0.4 is 5.56 Å². The lowest BCUT2D eigenvalue weighted by Crippen LogP contribution is -2.33. The van der Waals surface area contributed by atoms with E-state index in [1.165, 1.54) is 23.3 Å². The highest BCUT2D eigenvalue weighted by Gasteiger charge is 2.20. The van der Waals surface area contributed by atoms with Crippen LogP contribution >= 0.6 is 11.3 Å². The van der Waals surface area contributed by atoms with Crippen molar-refractivity contribution in [1.29, 1.82) is 0 Å². The topological polar surface area (TPSA) is 69.2 Å². The highest BCUT2D eigenvalue weighted by atomic mass is 32.1. The first-order chi connectivity index (χ1) is 12.1. The molecule has 0 bridgehead atoms. The summed E-state index contributed by atoms with van der Waals surface area (Å²) in [6.07, 6.45) is 6.94. The van der Waals surface area contributed by atoms with Gasteiger partial charge in [0.1, 0.15) is 10.7 Å². The van der Waals surface area contributed by atoms with Gasteiger partial charge in [-0.25, -0.2) is 4.98 Å². The predicted octanol–water partition coefficient (Wildman–Crippen LogP) is 3.24. The zero-order valence-corrected chi connectivity index (χ0v) is 16.1. The minimum Gasteiger partial charge on any atom is -0.392 e. The summed E-state index contributed by atoms with van der Waals surface area (Å²) in [4.78, 5) is 24.8. The molecule has 0 aliphatic heterocycles. The van der Waals surface area contributed by atoms with E-state index in [0.717, 1.165) is 48.9 Å². The van der Waals surface area contributed by atoms with E-state index < -0.39 is 0 Å². The van der Waals surface area contributed by atoms with Crippen LogP contribution in [0.3, 0.4) is 0 Å². The molecular formula is C19H29N3O2S. The summed E-state index contributed by atoms with van der Waals surface area (Å²) in [5.74, 6) is 0.716. The van der Waals surface area contributed by atoms with Crippen LogP contribution in [0.25, 0.3) is 10.2 Å². The summed E-state index contributed by atoms with van der Waals surface area (Å²) >= 11 is 1.69. The normalized spacial score (nSPS) is 15.7. The first-order valence-corrected chi connectivity index (χ1v) is 10.4. The largest absolute Gasteiger partial charge is 0.392 e. The molecule has 2 N–H and O–H groups in total. The van der Waals surface area contributed by atoms with Gasteiger partial charge in [-0.3, -0.25) is 9.69 Å². The standard InChI is InChI=1S/C19H29N3O2S/c1-3-7-13(23)11-22(10-4-2)12-16-20-18(24)17-14-8-5-6-9-15(14)25-19(17)21-16/h13,23H,3-12H2,1-2H3,(H,20,21,24)/t13-/m0/s1. The van der Waals surface area contributed by atoms with Gasteiger partial charge in [-0.05, 0) is 50.6 Å². The Bertz CT molecular complexity index is 768. The lowest BCUT2D eigenvalue weighted by molar-refractivity contribution is 0.0995. The monoisotopic (exact) mass is 363 g/mol. The Balaban J connectivity index is 1.83. The number of aromatic nitrogens is 2. The van der Waals surface area contributed by atoms with Crippen LogP contribution in [0.2, 0.25) is 0 Å². The molecule has 0 aromatic carbocycles. The molecule has 1 aliphatic rings.